The van der Waals surface area contributed by atoms with E-state index in [1.54, 1.807) is 6.07 Å². The van der Waals surface area contributed by atoms with Crippen LogP contribution < -0.4 is 5.32 Å². The van der Waals surface area contributed by atoms with Gasteiger partial charge in [-0.3, -0.25) is 9.59 Å². The number of rotatable bonds is 5. The third-order valence-electron chi connectivity index (χ3n) is 4.90. The third kappa shape index (κ3) is 3.64. The molecule has 1 N–H and O–H groups in total. The molecule has 1 atom stereocenters. The molecule has 126 valence electrons. The van der Waals surface area contributed by atoms with Gasteiger partial charge in [-0.2, -0.15) is 0 Å². The third-order valence-corrected chi connectivity index (χ3v) is 4.90. The molecule has 0 aliphatic heterocycles. The molecule has 4 heteroatoms. The van der Waals surface area contributed by atoms with Crippen molar-refractivity contribution in [2.24, 2.45) is 5.92 Å². The van der Waals surface area contributed by atoms with Crippen LogP contribution in [-0.4, -0.2) is 22.7 Å². The van der Waals surface area contributed by atoms with Crippen molar-refractivity contribution in [2.45, 2.75) is 51.5 Å². The summed E-state index contributed by atoms with van der Waals surface area (Å²) in [6.07, 6.45) is 5.99. The second-order valence-corrected chi connectivity index (χ2v) is 6.56. The molecule has 1 aliphatic carbocycles. The zero-order valence-corrected chi connectivity index (χ0v) is 14.1. The van der Waals surface area contributed by atoms with Crippen LogP contribution in [0.15, 0.2) is 36.4 Å². The molecule has 4 nitrogen and oxygen atoms in total. The molecule has 0 saturated heterocycles. The van der Waals surface area contributed by atoms with Crippen LogP contribution in [0.1, 0.15) is 55.9 Å². The van der Waals surface area contributed by atoms with Crippen LogP contribution in [-0.2, 0) is 4.79 Å². The Hall–Kier alpha value is -2.23. The summed E-state index contributed by atoms with van der Waals surface area (Å²) in [5.74, 6) is 0.0247. The number of para-hydroxylation sites is 1. The lowest BCUT2D eigenvalue weighted by molar-refractivity contribution is -0.125. The number of nitrogens with one attached hydrogen (secondary N) is 1. The Morgan fingerprint density at radius 3 is 2.62 bits per heavy atom. The van der Waals surface area contributed by atoms with Crippen LogP contribution in [0.5, 0.6) is 0 Å². The number of carbonyl (C=O) groups is 2. The van der Waals surface area contributed by atoms with Gasteiger partial charge in [0, 0.05) is 11.3 Å². The number of pyridine rings is 1. The molecule has 1 aliphatic rings. The Kier molecular flexibility index (Phi) is 5.24. The van der Waals surface area contributed by atoms with Gasteiger partial charge in [0.15, 0.2) is 5.78 Å². The molecule has 1 aromatic heterocycles. The predicted molar refractivity (Wildman–Crippen MR) is 94.9 cm³/mol. The first-order chi connectivity index (χ1) is 11.7. The number of ketones is 1. The fourth-order valence-corrected chi connectivity index (χ4v) is 3.47. The minimum absolute atomic E-state index is 0.105. The summed E-state index contributed by atoms with van der Waals surface area (Å²) in [5, 5.41) is 3.89. The van der Waals surface area contributed by atoms with Gasteiger partial charge in [-0.1, -0.05) is 50.5 Å². The van der Waals surface area contributed by atoms with Gasteiger partial charge < -0.3 is 5.32 Å². The van der Waals surface area contributed by atoms with E-state index in [2.05, 4.69) is 10.3 Å². The van der Waals surface area contributed by atoms with Gasteiger partial charge in [0.05, 0.1) is 11.6 Å². The van der Waals surface area contributed by atoms with Crippen molar-refractivity contribution < 1.29 is 9.59 Å². The number of hydrogen-bond acceptors (Lipinski definition) is 3. The quantitative estimate of drug-likeness (QED) is 0.907. The number of amides is 1. The van der Waals surface area contributed by atoms with E-state index in [-0.39, 0.29) is 17.6 Å². The van der Waals surface area contributed by atoms with Crippen LogP contribution in [0.3, 0.4) is 0 Å². The highest BCUT2D eigenvalue weighted by Crippen LogP contribution is 2.26. The Morgan fingerprint density at radius 2 is 1.88 bits per heavy atom. The van der Waals surface area contributed by atoms with Crippen LogP contribution in [0.25, 0.3) is 10.9 Å². The lowest BCUT2D eigenvalue weighted by Gasteiger charge is -2.25. The van der Waals surface area contributed by atoms with Crippen molar-refractivity contribution in [3.8, 4) is 0 Å². The first kappa shape index (κ1) is 16.6. The molecule has 0 spiro atoms. The lowest BCUT2D eigenvalue weighted by Crippen LogP contribution is -2.43. The molecular formula is C20H24N2O2. The minimum atomic E-state index is -0.408. The van der Waals surface area contributed by atoms with E-state index in [1.807, 2.05) is 37.3 Å². The van der Waals surface area contributed by atoms with Gasteiger partial charge in [-0.15, -0.1) is 0 Å². The van der Waals surface area contributed by atoms with E-state index in [0.29, 0.717) is 12.1 Å². The van der Waals surface area contributed by atoms with E-state index in [1.165, 1.54) is 6.42 Å². The molecule has 1 fully saturated rings. The molecule has 1 amide bonds. The zero-order chi connectivity index (χ0) is 16.9. The number of nitrogens with zero attached hydrogens (tertiary/aromatic N) is 1. The number of Topliss-reactive ketones (excluding diaryl/α,β-unsaturated/α-hetero) is 1. The van der Waals surface area contributed by atoms with Gasteiger partial charge >= 0.3 is 0 Å². The second-order valence-electron chi connectivity index (χ2n) is 6.56. The van der Waals surface area contributed by atoms with Crippen LogP contribution >= 0.6 is 0 Å². The molecule has 1 heterocycles. The monoisotopic (exact) mass is 324 g/mol. The highest BCUT2D eigenvalue weighted by Gasteiger charge is 2.28. The fraction of sp³-hybridized carbons (Fsp3) is 0.450. The van der Waals surface area contributed by atoms with Crippen molar-refractivity contribution in [2.75, 3.05) is 0 Å². The van der Waals surface area contributed by atoms with Crippen LogP contribution in [0.4, 0.5) is 0 Å². The van der Waals surface area contributed by atoms with Gasteiger partial charge in [0.1, 0.15) is 5.69 Å². The maximum atomic E-state index is 12.7. The standard InChI is InChI=1S/C20H24N2O2/c1-2-16(19(23)15-9-4-3-5-10-15)22-20(24)18-13-12-14-8-6-7-11-17(14)21-18/h6-8,11-13,15-16H,2-5,9-10H2,1H3,(H,22,24). The summed E-state index contributed by atoms with van der Waals surface area (Å²) in [5.41, 5.74) is 1.15. The van der Waals surface area contributed by atoms with Crippen molar-refractivity contribution in [1.82, 2.24) is 10.3 Å². The minimum Gasteiger partial charge on any atom is -0.341 e. The van der Waals surface area contributed by atoms with Gasteiger partial charge in [-0.25, -0.2) is 4.98 Å². The number of carbonyl (C=O) groups excluding carboxylic acids is 2. The fourth-order valence-electron chi connectivity index (χ4n) is 3.47. The van der Waals surface area contributed by atoms with E-state index >= 15 is 0 Å². The summed E-state index contributed by atoms with van der Waals surface area (Å²) < 4.78 is 0. The van der Waals surface area contributed by atoms with Gasteiger partial charge in [0.25, 0.3) is 5.91 Å². The maximum absolute atomic E-state index is 12.7. The molecule has 1 unspecified atom stereocenters. The Labute approximate surface area is 142 Å². The summed E-state index contributed by atoms with van der Waals surface area (Å²) in [6.45, 7) is 1.94. The van der Waals surface area contributed by atoms with E-state index in [9.17, 15) is 9.59 Å². The van der Waals surface area contributed by atoms with Crippen molar-refractivity contribution >= 4 is 22.6 Å². The SMILES string of the molecule is CCC(NC(=O)c1ccc2ccccc2n1)C(=O)C1CCCCC1. The van der Waals surface area contributed by atoms with Crippen molar-refractivity contribution in [3.05, 3.63) is 42.1 Å². The molecular weight excluding hydrogens is 300 g/mol. The Balaban J connectivity index is 1.71. The summed E-state index contributed by atoms with van der Waals surface area (Å²) in [7, 11) is 0. The Morgan fingerprint density at radius 1 is 1.12 bits per heavy atom. The van der Waals surface area contributed by atoms with E-state index in [4.69, 9.17) is 0 Å². The lowest BCUT2D eigenvalue weighted by atomic mass is 9.83. The molecule has 0 radical (unpaired) electrons. The topological polar surface area (TPSA) is 59.1 Å². The summed E-state index contributed by atoms with van der Waals surface area (Å²) in [4.78, 5) is 29.6. The predicted octanol–water partition coefficient (Wildman–Crippen LogP) is 3.89. The van der Waals surface area contributed by atoms with E-state index in [0.717, 1.165) is 36.6 Å². The number of fused-ring (bicyclic) bond motifs is 1. The molecule has 0 bridgehead atoms. The Bertz CT molecular complexity index is 735. The highest BCUT2D eigenvalue weighted by molar-refractivity contribution is 5.98. The average Bonchev–Trinajstić information content (AvgIpc) is 2.65. The van der Waals surface area contributed by atoms with Gasteiger partial charge in [0.2, 0.25) is 0 Å². The number of hydrogen-bond donors (Lipinski definition) is 1. The van der Waals surface area contributed by atoms with Gasteiger partial charge in [-0.05, 0) is 31.4 Å². The molecule has 1 aromatic carbocycles. The summed E-state index contributed by atoms with van der Waals surface area (Å²) in [6, 6.07) is 10.9. The highest BCUT2D eigenvalue weighted by atomic mass is 16.2. The van der Waals surface area contributed by atoms with Crippen molar-refractivity contribution in [3.63, 3.8) is 0 Å². The molecule has 3 rings (SSSR count). The second kappa shape index (κ2) is 7.56. The molecule has 24 heavy (non-hydrogen) atoms. The van der Waals surface area contributed by atoms with Crippen molar-refractivity contribution in [1.29, 1.82) is 0 Å². The number of aromatic nitrogens is 1. The molecule has 1 saturated carbocycles. The number of benzene rings is 1. The van der Waals surface area contributed by atoms with E-state index < -0.39 is 6.04 Å². The van der Waals surface area contributed by atoms with Crippen LogP contribution in [0, 0.1) is 5.92 Å². The zero-order valence-electron chi connectivity index (χ0n) is 14.1. The largest absolute Gasteiger partial charge is 0.341 e. The first-order valence-corrected chi connectivity index (χ1v) is 8.89. The first-order valence-electron chi connectivity index (χ1n) is 8.89. The smallest absolute Gasteiger partial charge is 0.270 e. The van der Waals surface area contributed by atoms with Crippen LogP contribution in [0.2, 0.25) is 0 Å². The normalized spacial score (nSPS) is 16.7. The maximum Gasteiger partial charge on any atom is 0.270 e. The summed E-state index contributed by atoms with van der Waals surface area (Å²) >= 11 is 0. The molecule has 2 aromatic rings. The average molecular weight is 324 g/mol.